The number of nitrogens with one attached hydrogen (secondary N) is 1. The van der Waals surface area contributed by atoms with E-state index in [2.05, 4.69) is 44.1 Å². The fourth-order valence-electron chi connectivity index (χ4n) is 3.43. The van der Waals surface area contributed by atoms with Gasteiger partial charge in [-0.2, -0.15) is 0 Å². The van der Waals surface area contributed by atoms with E-state index in [1.807, 2.05) is 18.2 Å². The summed E-state index contributed by atoms with van der Waals surface area (Å²) >= 11 is 0. The van der Waals surface area contributed by atoms with E-state index in [1.54, 1.807) is 0 Å². The maximum Gasteiger partial charge on any atom is 0.242 e. The summed E-state index contributed by atoms with van der Waals surface area (Å²) in [5.41, 5.74) is 8.52. The zero-order chi connectivity index (χ0) is 18.4. The first-order valence-corrected chi connectivity index (χ1v) is 12.1. The monoisotopic (exact) mass is 361 g/mol. The van der Waals surface area contributed by atoms with Crippen LogP contribution in [0.25, 0.3) is 0 Å². The normalized spacial score (nSPS) is 24.9. The molecule has 3 N–H and O–H groups in total. The molecule has 0 aliphatic carbocycles. The lowest BCUT2D eigenvalue weighted by Crippen LogP contribution is -2.48. The number of rotatable bonds is 3. The molecule has 3 rings (SSSR count). The second-order valence-corrected chi connectivity index (χ2v) is 13.7. The van der Waals surface area contributed by atoms with E-state index < -0.39 is 8.32 Å². The first-order valence-electron chi connectivity index (χ1n) is 9.18. The Bertz CT molecular complexity index is 669. The molecule has 1 fully saturated rings. The highest BCUT2D eigenvalue weighted by molar-refractivity contribution is 6.74. The zero-order valence-electron chi connectivity index (χ0n) is 16.1. The van der Waals surface area contributed by atoms with Gasteiger partial charge >= 0.3 is 0 Å². The first kappa shape index (κ1) is 18.4. The number of hydrogen-bond acceptors (Lipinski definition) is 4. The number of likely N-dealkylation sites (tertiary alicyclic amines) is 1. The van der Waals surface area contributed by atoms with Gasteiger partial charge < -0.3 is 15.5 Å². The maximum atomic E-state index is 12.6. The summed E-state index contributed by atoms with van der Waals surface area (Å²) in [6.07, 6.45) is 1.99. The molecule has 1 aromatic carbocycles. The Hall–Kier alpha value is -1.37. The van der Waals surface area contributed by atoms with Crippen LogP contribution in [0.4, 0.5) is 11.4 Å². The lowest BCUT2D eigenvalue weighted by Gasteiger charge is -2.38. The Morgan fingerprint density at radius 3 is 2.72 bits per heavy atom. The number of nitrogens with zero attached hydrogens (tertiary/aromatic N) is 1. The van der Waals surface area contributed by atoms with Crippen molar-refractivity contribution >= 4 is 25.6 Å². The summed E-state index contributed by atoms with van der Waals surface area (Å²) in [5, 5.41) is 3.23. The minimum Gasteiger partial charge on any atom is -0.413 e. The van der Waals surface area contributed by atoms with Gasteiger partial charge in [-0.15, -0.1) is 0 Å². The Labute approximate surface area is 152 Å². The number of anilines is 2. The van der Waals surface area contributed by atoms with Gasteiger partial charge in [0.25, 0.3) is 0 Å². The van der Waals surface area contributed by atoms with Gasteiger partial charge in [0.15, 0.2) is 8.32 Å². The molecule has 1 saturated heterocycles. The molecular weight excluding hydrogens is 330 g/mol. The number of nitrogens with two attached hydrogens (primary N) is 1. The van der Waals surface area contributed by atoms with E-state index in [1.165, 1.54) is 0 Å². The molecule has 0 saturated carbocycles. The molecule has 2 atom stereocenters. The van der Waals surface area contributed by atoms with E-state index in [9.17, 15) is 4.79 Å². The average molecular weight is 362 g/mol. The Balaban J connectivity index is 1.66. The summed E-state index contributed by atoms with van der Waals surface area (Å²) in [4.78, 5) is 14.9. The molecule has 0 aromatic heterocycles. The van der Waals surface area contributed by atoms with Crippen molar-refractivity contribution in [1.82, 2.24) is 4.90 Å². The number of hydrogen-bond donors (Lipinski definition) is 2. The van der Waals surface area contributed by atoms with Crippen LogP contribution in [-0.4, -0.2) is 44.4 Å². The maximum absolute atomic E-state index is 12.6. The molecule has 25 heavy (non-hydrogen) atoms. The fraction of sp³-hybridized carbons (Fsp3) is 0.632. The van der Waals surface area contributed by atoms with Gasteiger partial charge in [-0.05, 0) is 48.7 Å². The minimum atomic E-state index is -1.77. The van der Waals surface area contributed by atoms with Crippen LogP contribution in [0.5, 0.6) is 0 Å². The third-order valence-corrected chi connectivity index (χ3v) is 10.5. The SMILES string of the molecule is CC(C)(C)[Si](C)(C)O[C@@H]1CCN(C2Cc3ccc(N)cc3NC2=O)C1. The van der Waals surface area contributed by atoms with Crippen LogP contribution in [0.3, 0.4) is 0 Å². The molecule has 1 unspecified atom stereocenters. The van der Waals surface area contributed by atoms with Gasteiger partial charge in [0.2, 0.25) is 5.91 Å². The minimum absolute atomic E-state index is 0.0751. The number of nitrogen functional groups attached to an aromatic ring is 1. The molecule has 0 radical (unpaired) electrons. The molecule has 0 bridgehead atoms. The van der Waals surface area contributed by atoms with Crippen molar-refractivity contribution in [3.63, 3.8) is 0 Å². The smallest absolute Gasteiger partial charge is 0.242 e. The van der Waals surface area contributed by atoms with Crippen LogP contribution in [-0.2, 0) is 15.6 Å². The zero-order valence-corrected chi connectivity index (χ0v) is 17.1. The van der Waals surface area contributed by atoms with Crippen molar-refractivity contribution in [2.24, 2.45) is 0 Å². The predicted molar refractivity (Wildman–Crippen MR) is 105 cm³/mol. The van der Waals surface area contributed by atoms with Crippen LogP contribution in [0.2, 0.25) is 18.1 Å². The average Bonchev–Trinajstić information content (AvgIpc) is 2.92. The predicted octanol–water partition coefficient (Wildman–Crippen LogP) is 3.23. The second-order valence-electron chi connectivity index (χ2n) is 8.91. The van der Waals surface area contributed by atoms with Crippen molar-refractivity contribution < 1.29 is 9.22 Å². The number of carbonyl (C=O) groups excluding carboxylic acids is 1. The summed E-state index contributed by atoms with van der Waals surface area (Å²) < 4.78 is 6.55. The number of carbonyl (C=O) groups is 1. The topological polar surface area (TPSA) is 67.6 Å². The van der Waals surface area contributed by atoms with Gasteiger partial charge in [0.05, 0.1) is 12.1 Å². The van der Waals surface area contributed by atoms with E-state index in [0.29, 0.717) is 5.69 Å². The number of fused-ring (bicyclic) bond motifs is 1. The molecule has 1 aromatic rings. The van der Waals surface area contributed by atoms with Crippen LogP contribution in [0, 0.1) is 0 Å². The van der Waals surface area contributed by atoms with Crippen LogP contribution < -0.4 is 11.1 Å². The molecule has 0 spiro atoms. The van der Waals surface area contributed by atoms with Gasteiger partial charge in [0.1, 0.15) is 0 Å². The van der Waals surface area contributed by atoms with Gasteiger partial charge in [-0.3, -0.25) is 9.69 Å². The summed E-state index contributed by atoms with van der Waals surface area (Å²) in [5.74, 6) is 0.0751. The lowest BCUT2D eigenvalue weighted by molar-refractivity contribution is -0.121. The van der Waals surface area contributed by atoms with Crippen molar-refractivity contribution in [3.05, 3.63) is 23.8 Å². The van der Waals surface area contributed by atoms with Gasteiger partial charge in [0, 0.05) is 24.5 Å². The largest absolute Gasteiger partial charge is 0.413 e. The van der Waals surface area contributed by atoms with Crippen molar-refractivity contribution in [2.45, 2.75) is 63.9 Å². The van der Waals surface area contributed by atoms with E-state index in [0.717, 1.165) is 37.2 Å². The van der Waals surface area contributed by atoms with Crippen LogP contribution in [0.15, 0.2) is 18.2 Å². The molecule has 6 heteroatoms. The molecule has 2 aliphatic rings. The summed E-state index contributed by atoms with van der Waals surface area (Å²) in [7, 11) is -1.77. The number of amides is 1. The van der Waals surface area contributed by atoms with Gasteiger partial charge in [-0.1, -0.05) is 26.8 Å². The van der Waals surface area contributed by atoms with Crippen molar-refractivity contribution in [1.29, 1.82) is 0 Å². The lowest BCUT2D eigenvalue weighted by atomic mass is 9.97. The molecular formula is C19H31N3O2Si. The third kappa shape index (κ3) is 3.76. The van der Waals surface area contributed by atoms with E-state index >= 15 is 0 Å². The molecule has 138 valence electrons. The summed E-state index contributed by atoms with van der Waals surface area (Å²) in [6.45, 7) is 13.2. The highest BCUT2D eigenvalue weighted by Gasteiger charge is 2.42. The van der Waals surface area contributed by atoms with E-state index in [-0.39, 0.29) is 23.1 Å². The molecule has 1 amide bonds. The highest BCUT2D eigenvalue weighted by Crippen LogP contribution is 2.38. The molecule has 2 aliphatic heterocycles. The fourth-order valence-corrected chi connectivity index (χ4v) is 4.81. The Morgan fingerprint density at radius 1 is 1.32 bits per heavy atom. The third-order valence-electron chi connectivity index (χ3n) is 5.99. The molecule has 2 heterocycles. The van der Waals surface area contributed by atoms with E-state index in [4.69, 9.17) is 10.2 Å². The standard InChI is InChI=1S/C19H31N3O2Si/c1-19(2,3)25(4,5)24-15-8-9-22(12-15)17-10-13-6-7-14(20)11-16(13)21-18(17)23/h6-7,11,15,17H,8-10,12,20H2,1-5H3,(H,21,23)/t15-,17?/m1/s1. The number of benzene rings is 1. The van der Waals surface area contributed by atoms with Crippen LogP contribution in [0.1, 0.15) is 32.8 Å². The van der Waals surface area contributed by atoms with Crippen molar-refractivity contribution in [2.75, 3.05) is 24.1 Å². The quantitative estimate of drug-likeness (QED) is 0.641. The first-order chi connectivity index (χ1) is 11.6. The summed E-state index contributed by atoms with van der Waals surface area (Å²) in [6, 6.07) is 5.66. The Kier molecular flexibility index (Phi) is 4.72. The highest BCUT2D eigenvalue weighted by atomic mass is 28.4. The molecule has 5 nitrogen and oxygen atoms in total. The Morgan fingerprint density at radius 2 is 2.04 bits per heavy atom. The van der Waals surface area contributed by atoms with Crippen LogP contribution >= 0.6 is 0 Å². The second kappa shape index (κ2) is 6.41. The van der Waals surface area contributed by atoms with Crippen molar-refractivity contribution in [3.8, 4) is 0 Å². The van der Waals surface area contributed by atoms with Gasteiger partial charge in [-0.25, -0.2) is 0 Å².